The van der Waals surface area contributed by atoms with Crippen LogP contribution in [0.4, 0.5) is 10.5 Å². The summed E-state index contributed by atoms with van der Waals surface area (Å²) in [5.41, 5.74) is 2.71. The van der Waals surface area contributed by atoms with Gasteiger partial charge < -0.3 is 24.4 Å². The van der Waals surface area contributed by atoms with E-state index in [0.717, 1.165) is 11.1 Å². The summed E-state index contributed by atoms with van der Waals surface area (Å²) in [4.78, 5) is 13.5. The van der Waals surface area contributed by atoms with Gasteiger partial charge in [0.05, 0.1) is 32.6 Å². The molecule has 7 heteroatoms. The Labute approximate surface area is 171 Å². The Morgan fingerprint density at radius 1 is 1.07 bits per heavy atom. The van der Waals surface area contributed by atoms with Crippen LogP contribution < -0.4 is 19.5 Å². The third kappa shape index (κ3) is 5.20. The zero-order valence-electron chi connectivity index (χ0n) is 17.3. The molecular weight excluding hydrogens is 370 g/mol. The van der Waals surface area contributed by atoms with Crippen molar-refractivity contribution in [3.63, 3.8) is 0 Å². The van der Waals surface area contributed by atoms with E-state index in [9.17, 15) is 10.1 Å². The number of methoxy groups -OCH3 is 2. The summed E-state index contributed by atoms with van der Waals surface area (Å²) in [6.07, 6.45) is 1.46. The van der Waals surface area contributed by atoms with Crippen molar-refractivity contribution in [3.05, 3.63) is 53.6 Å². The molecule has 0 heterocycles. The van der Waals surface area contributed by atoms with Crippen LogP contribution in [0.25, 0.3) is 5.57 Å². The highest BCUT2D eigenvalue weighted by Crippen LogP contribution is 2.35. The minimum atomic E-state index is -0.283. The molecule has 152 valence electrons. The standard InChI is InChI=1S/C22H25N3O4/c1-6-29-21-14-16(8-10-20(21)28-5)17(11-12-23)15-7-9-19(27-4)18(13-15)24-22(26)25(2)3/h7-11,13-14H,6H2,1-5H3,(H,24,26)/b17-11-. The first-order valence-electron chi connectivity index (χ1n) is 9.02. The number of ether oxygens (including phenoxy) is 3. The third-order valence-electron chi connectivity index (χ3n) is 4.14. The number of hydrogen-bond acceptors (Lipinski definition) is 5. The van der Waals surface area contributed by atoms with E-state index in [1.54, 1.807) is 39.4 Å². The lowest BCUT2D eigenvalue weighted by Gasteiger charge is -2.17. The number of rotatable bonds is 7. The van der Waals surface area contributed by atoms with Gasteiger partial charge in [0, 0.05) is 20.2 Å². The zero-order valence-corrected chi connectivity index (χ0v) is 17.3. The minimum absolute atomic E-state index is 0.283. The average Bonchev–Trinajstić information content (AvgIpc) is 2.72. The summed E-state index contributed by atoms with van der Waals surface area (Å²) in [5, 5.41) is 12.1. The molecule has 2 aromatic rings. The first-order valence-corrected chi connectivity index (χ1v) is 9.02. The van der Waals surface area contributed by atoms with Gasteiger partial charge in [-0.1, -0.05) is 12.1 Å². The molecule has 7 nitrogen and oxygen atoms in total. The second-order valence-corrected chi connectivity index (χ2v) is 6.23. The van der Waals surface area contributed by atoms with Crippen molar-refractivity contribution in [1.82, 2.24) is 4.90 Å². The number of nitrogens with zero attached hydrogens (tertiary/aromatic N) is 2. The molecule has 2 amide bonds. The van der Waals surface area contributed by atoms with Crippen molar-refractivity contribution in [2.75, 3.05) is 40.2 Å². The molecule has 2 aromatic carbocycles. The maximum Gasteiger partial charge on any atom is 0.321 e. The molecule has 0 atom stereocenters. The van der Waals surface area contributed by atoms with Crippen LogP contribution >= 0.6 is 0 Å². The normalized spacial score (nSPS) is 10.7. The molecular formula is C22H25N3O4. The van der Waals surface area contributed by atoms with Crippen LogP contribution in [0.3, 0.4) is 0 Å². The number of benzene rings is 2. The number of carbonyl (C=O) groups excluding carboxylic acids is 1. The number of urea groups is 1. The van der Waals surface area contributed by atoms with Crippen molar-refractivity contribution in [2.24, 2.45) is 0 Å². The highest BCUT2D eigenvalue weighted by atomic mass is 16.5. The molecule has 0 unspecified atom stereocenters. The monoisotopic (exact) mass is 395 g/mol. The van der Waals surface area contributed by atoms with Crippen molar-refractivity contribution < 1.29 is 19.0 Å². The van der Waals surface area contributed by atoms with Crippen LogP contribution in [-0.2, 0) is 0 Å². The number of anilines is 1. The molecule has 2 rings (SSSR count). The molecule has 0 aromatic heterocycles. The van der Waals surface area contributed by atoms with Crippen LogP contribution in [0.2, 0.25) is 0 Å². The molecule has 29 heavy (non-hydrogen) atoms. The maximum atomic E-state index is 12.1. The smallest absolute Gasteiger partial charge is 0.321 e. The average molecular weight is 395 g/mol. The number of allylic oxidation sites excluding steroid dienone is 1. The second-order valence-electron chi connectivity index (χ2n) is 6.23. The summed E-state index contributed by atoms with van der Waals surface area (Å²) in [5.74, 6) is 1.72. The number of nitrogens with one attached hydrogen (secondary N) is 1. The van der Waals surface area contributed by atoms with Crippen molar-refractivity contribution in [2.45, 2.75) is 6.92 Å². The Hall–Kier alpha value is -3.66. The molecule has 0 saturated heterocycles. The van der Waals surface area contributed by atoms with Gasteiger partial charge in [0.15, 0.2) is 11.5 Å². The van der Waals surface area contributed by atoms with E-state index in [0.29, 0.717) is 35.1 Å². The van der Waals surface area contributed by atoms with Gasteiger partial charge in [-0.05, 0) is 47.9 Å². The van der Waals surface area contributed by atoms with E-state index >= 15 is 0 Å². The highest BCUT2D eigenvalue weighted by molar-refractivity contribution is 5.92. The molecule has 0 radical (unpaired) electrons. The van der Waals surface area contributed by atoms with E-state index in [4.69, 9.17) is 14.2 Å². The lowest BCUT2D eigenvalue weighted by Crippen LogP contribution is -2.27. The highest BCUT2D eigenvalue weighted by Gasteiger charge is 2.15. The fourth-order valence-corrected chi connectivity index (χ4v) is 2.71. The number of carbonyl (C=O) groups is 1. The predicted molar refractivity (Wildman–Crippen MR) is 113 cm³/mol. The van der Waals surface area contributed by atoms with Crippen LogP contribution in [0.1, 0.15) is 18.1 Å². The topological polar surface area (TPSA) is 83.8 Å². The summed E-state index contributed by atoms with van der Waals surface area (Å²) in [6, 6.07) is 12.6. The largest absolute Gasteiger partial charge is 0.495 e. The fraction of sp³-hybridized carbons (Fsp3) is 0.273. The van der Waals surface area contributed by atoms with E-state index in [-0.39, 0.29) is 6.03 Å². The van der Waals surface area contributed by atoms with E-state index in [1.165, 1.54) is 18.1 Å². The first-order chi connectivity index (χ1) is 13.9. The van der Waals surface area contributed by atoms with E-state index in [1.807, 2.05) is 25.1 Å². The van der Waals surface area contributed by atoms with Gasteiger partial charge in [-0.15, -0.1) is 0 Å². The molecule has 0 fully saturated rings. The first kappa shape index (κ1) is 21.6. The molecule has 0 aliphatic heterocycles. The molecule has 0 spiro atoms. The lowest BCUT2D eigenvalue weighted by atomic mass is 9.96. The lowest BCUT2D eigenvalue weighted by molar-refractivity contribution is 0.230. The van der Waals surface area contributed by atoms with Gasteiger partial charge in [-0.25, -0.2) is 4.79 Å². The van der Waals surface area contributed by atoms with Gasteiger partial charge in [-0.3, -0.25) is 0 Å². The summed E-state index contributed by atoms with van der Waals surface area (Å²) in [6.45, 7) is 2.38. The zero-order chi connectivity index (χ0) is 21.4. The van der Waals surface area contributed by atoms with E-state index in [2.05, 4.69) is 11.4 Å². The van der Waals surface area contributed by atoms with Crippen molar-refractivity contribution in [3.8, 4) is 23.3 Å². The van der Waals surface area contributed by atoms with Gasteiger partial charge in [0.1, 0.15) is 5.75 Å². The van der Waals surface area contributed by atoms with Gasteiger partial charge in [0.2, 0.25) is 0 Å². The summed E-state index contributed by atoms with van der Waals surface area (Å²) >= 11 is 0. The summed E-state index contributed by atoms with van der Waals surface area (Å²) in [7, 11) is 6.41. The van der Waals surface area contributed by atoms with Crippen LogP contribution in [0.15, 0.2) is 42.5 Å². The Balaban J connectivity index is 2.54. The number of amides is 2. The molecule has 0 saturated carbocycles. The van der Waals surface area contributed by atoms with Crippen LogP contribution in [0, 0.1) is 11.3 Å². The molecule has 0 aliphatic carbocycles. The molecule has 0 aliphatic rings. The Morgan fingerprint density at radius 2 is 1.69 bits per heavy atom. The van der Waals surface area contributed by atoms with Crippen molar-refractivity contribution >= 4 is 17.3 Å². The van der Waals surface area contributed by atoms with Crippen LogP contribution in [0.5, 0.6) is 17.2 Å². The molecule has 0 bridgehead atoms. The van der Waals surface area contributed by atoms with Gasteiger partial charge >= 0.3 is 6.03 Å². The minimum Gasteiger partial charge on any atom is -0.495 e. The Kier molecular flexibility index (Phi) is 7.49. The third-order valence-corrected chi connectivity index (χ3v) is 4.14. The quantitative estimate of drug-likeness (QED) is 0.712. The Bertz CT molecular complexity index is 946. The Morgan fingerprint density at radius 3 is 2.24 bits per heavy atom. The van der Waals surface area contributed by atoms with Crippen molar-refractivity contribution in [1.29, 1.82) is 5.26 Å². The maximum absolute atomic E-state index is 12.1. The van der Waals surface area contributed by atoms with Gasteiger partial charge in [0.25, 0.3) is 0 Å². The van der Waals surface area contributed by atoms with E-state index < -0.39 is 0 Å². The van der Waals surface area contributed by atoms with Crippen LogP contribution in [-0.4, -0.2) is 45.9 Å². The molecule has 1 N–H and O–H groups in total. The predicted octanol–water partition coefficient (Wildman–Crippen LogP) is 4.15. The number of nitriles is 1. The number of hydrogen-bond donors (Lipinski definition) is 1. The second kappa shape index (κ2) is 10.0. The SMILES string of the molecule is CCOc1cc(/C(=C\C#N)c2ccc(OC)c(NC(=O)N(C)C)c2)ccc1OC. The summed E-state index contributed by atoms with van der Waals surface area (Å²) < 4.78 is 16.3. The van der Waals surface area contributed by atoms with Gasteiger partial charge in [-0.2, -0.15) is 5.26 Å². The fourth-order valence-electron chi connectivity index (χ4n) is 2.71.